The Hall–Kier alpha value is -2.10. The van der Waals surface area contributed by atoms with E-state index in [0.717, 1.165) is 42.5 Å². The Balaban J connectivity index is 1.73. The summed E-state index contributed by atoms with van der Waals surface area (Å²) in [6.45, 7) is 2.14. The maximum absolute atomic E-state index is 12.0. The largest absolute Gasteiger partial charge is 0.374 e. The topological polar surface area (TPSA) is 45.2 Å². The number of nitrogens with one attached hydrogen (secondary N) is 1. The van der Waals surface area contributed by atoms with Crippen LogP contribution in [0.4, 0.5) is 5.69 Å². The summed E-state index contributed by atoms with van der Waals surface area (Å²) in [5, 5.41) is 4.29. The second kappa shape index (κ2) is 5.26. The molecule has 98 valence electrons. The van der Waals surface area contributed by atoms with E-state index in [0.29, 0.717) is 6.54 Å². The van der Waals surface area contributed by atoms with Gasteiger partial charge >= 0.3 is 0 Å². The van der Waals surface area contributed by atoms with E-state index in [4.69, 9.17) is 0 Å². The summed E-state index contributed by atoms with van der Waals surface area (Å²) in [7, 11) is 0. The fraction of sp³-hybridized carbons (Fsp3) is 0.333. The molecule has 2 aromatic rings. The quantitative estimate of drug-likeness (QED) is 0.915. The molecule has 0 saturated carbocycles. The molecule has 2 heterocycles. The van der Waals surface area contributed by atoms with Crippen LogP contribution in [-0.4, -0.2) is 35.4 Å². The van der Waals surface area contributed by atoms with E-state index in [2.05, 4.69) is 10.3 Å². The maximum Gasteiger partial charge on any atom is 0.241 e. The lowest BCUT2D eigenvalue weighted by Crippen LogP contribution is -2.33. The standard InChI is InChI=1S/C15H17N3O/c19-14(18-9-1-2-10-18)11-17-13-7-3-5-12-6-4-8-16-15(12)13/h3-8,17H,1-2,9-11H2. The second-order valence-corrected chi connectivity index (χ2v) is 4.82. The molecular formula is C15H17N3O. The smallest absolute Gasteiger partial charge is 0.241 e. The van der Waals surface area contributed by atoms with Crippen LogP contribution in [0.1, 0.15) is 12.8 Å². The van der Waals surface area contributed by atoms with Crippen LogP contribution < -0.4 is 5.32 Å². The van der Waals surface area contributed by atoms with Gasteiger partial charge in [-0.15, -0.1) is 0 Å². The summed E-state index contributed by atoms with van der Waals surface area (Å²) in [4.78, 5) is 18.3. The van der Waals surface area contributed by atoms with Gasteiger partial charge in [0.2, 0.25) is 5.91 Å². The number of pyridine rings is 1. The van der Waals surface area contributed by atoms with Crippen molar-refractivity contribution in [1.82, 2.24) is 9.88 Å². The number of fused-ring (bicyclic) bond motifs is 1. The Morgan fingerprint density at radius 1 is 1.21 bits per heavy atom. The SMILES string of the molecule is O=C(CNc1cccc2cccnc12)N1CCCC1. The van der Waals surface area contributed by atoms with E-state index < -0.39 is 0 Å². The third-order valence-electron chi connectivity index (χ3n) is 3.52. The van der Waals surface area contributed by atoms with Gasteiger partial charge in [-0.3, -0.25) is 9.78 Å². The first-order valence-corrected chi connectivity index (χ1v) is 6.70. The first-order valence-electron chi connectivity index (χ1n) is 6.70. The summed E-state index contributed by atoms with van der Waals surface area (Å²) in [6.07, 6.45) is 4.03. The Morgan fingerprint density at radius 2 is 2.00 bits per heavy atom. The molecule has 4 heteroatoms. The Bertz CT molecular complexity index is 585. The number of aromatic nitrogens is 1. The number of anilines is 1. The molecule has 1 fully saturated rings. The van der Waals surface area contributed by atoms with Crippen molar-refractivity contribution in [2.24, 2.45) is 0 Å². The van der Waals surface area contributed by atoms with Crippen molar-refractivity contribution in [2.75, 3.05) is 25.0 Å². The Morgan fingerprint density at radius 3 is 2.84 bits per heavy atom. The van der Waals surface area contributed by atoms with E-state index >= 15 is 0 Å². The van der Waals surface area contributed by atoms with Gasteiger partial charge in [-0.25, -0.2) is 0 Å². The minimum atomic E-state index is 0.172. The van der Waals surface area contributed by atoms with Crippen molar-refractivity contribution >= 4 is 22.5 Å². The number of hydrogen-bond donors (Lipinski definition) is 1. The molecule has 1 amide bonds. The van der Waals surface area contributed by atoms with Crippen LogP contribution in [0.3, 0.4) is 0 Å². The molecule has 1 N–H and O–H groups in total. The van der Waals surface area contributed by atoms with Crippen LogP contribution in [0.25, 0.3) is 10.9 Å². The Labute approximate surface area is 112 Å². The number of amides is 1. The van der Waals surface area contributed by atoms with Gasteiger partial charge in [0.25, 0.3) is 0 Å². The van der Waals surface area contributed by atoms with Crippen LogP contribution in [0.15, 0.2) is 36.5 Å². The number of benzene rings is 1. The number of rotatable bonds is 3. The third kappa shape index (κ3) is 2.52. The molecule has 0 radical (unpaired) electrons. The average molecular weight is 255 g/mol. The molecule has 4 nitrogen and oxygen atoms in total. The Kier molecular flexibility index (Phi) is 3.31. The highest BCUT2D eigenvalue weighted by Crippen LogP contribution is 2.20. The molecule has 1 aliphatic heterocycles. The first-order chi connectivity index (χ1) is 9.34. The van der Waals surface area contributed by atoms with Crippen LogP contribution in [0, 0.1) is 0 Å². The molecule has 0 bridgehead atoms. The van der Waals surface area contributed by atoms with Crippen molar-refractivity contribution in [2.45, 2.75) is 12.8 Å². The van der Waals surface area contributed by atoms with Crippen molar-refractivity contribution in [3.63, 3.8) is 0 Å². The van der Waals surface area contributed by atoms with Crippen molar-refractivity contribution in [1.29, 1.82) is 0 Å². The van der Waals surface area contributed by atoms with Gasteiger partial charge in [0.1, 0.15) is 0 Å². The maximum atomic E-state index is 12.0. The summed E-state index contributed by atoms with van der Waals surface area (Å²) in [6, 6.07) is 9.91. The summed E-state index contributed by atoms with van der Waals surface area (Å²) in [5.74, 6) is 0.172. The monoisotopic (exact) mass is 255 g/mol. The van der Waals surface area contributed by atoms with Gasteiger partial charge in [-0.1, -0.05) is 18.2 Å². The zero-order valence-electron chi connectivity index (χ0n) is 10.8. The molecule has 3 rings (SSSR count). The van der Waals surface area contributed by atoms with E-state index in [1.54, 1.807) is 6.20 Å². The third-order valence-corrected chi connectivity index (χ3v) is 3.52. The highest BCUT2D eigenvalue weighted by atomic mass is 16.2. The van der Waals surface area contributed by atoms with Gasteiger partial charge in [-0.05, 0) is 25.0 Å². The highest BCUT2D eigenvalue weighted by molar-refractivity contribution is 5.92. The molecule has 0 atom stereocenters. The first kappa shape index (κ1) is 12.0. The zero-order chi connectivity index (χ0) is 13.1. The van der Waals surface area contributed by atoms with E-state index in [9.17, 15) is 4.79 Å². The summed E-state index contributed by atoms with van der Waals surface area (Å²) >= 11 is 0. The van der Waals surface area contributed by atoms with E-state index in [1.165, 1.54) is 0 Å². The number of carbonyl (C=O) groups excluding carboxylic acids is 1. The molecule has 1 aromatic carbocycles. The lowest BCUT2D eigenvalue weighted by Gasteiger charge is -2.16. The fourth-order valence-corrected chi connectivity index (χ4v) is 2.50. The fourth-order valence-electron chi connectivity index (χ4n) is 2.50. The number of hydrogen-bond acceptors (Lipinski definition) is 3. The predicted molar refractivity (Wildman–Crippen MR) is 76.0 cm³/mol. The molecular weight excluding hydrogens is 238 g/mol. The molecule has 19 heavy (non-hydrogen) atoms. The second-order valence-electron chi connectivity index (χ2n) is 4.82. The molecule has 0 spiro atoms. The molecule has 1 saturated heterocycles. The average Bonchev–Trinajstić information content (AvgIpc) is 2.99. The summed E-state index contributed by atoms with van der Waals surface area (Å²) in [5.41, 5.74) is 1.84. The van der Waals surface area contributed by atoms with E-state index in [1.807, 2.05) is 35.2 Å². The minimum absolute atomic E-state index is 0.172. The predicted octanol–water partition coefficient (Wildman–Crippen LogP) is 2.27. The van der Waals surface area contributed by atoms with Gasteiger partial charge in [0, 0.05) is 24.7 Å². The zero-order valence-corrected chi connectivity index (χ0v) is 10.8. The minimum Gasteiger partial charge on any atom is -0.374 e. The number of para-hydroxylation sites is 1. The molecule has 1 aromatic heterocycles. The number of carbonyl (C=O) groups is 1. The van der Waals surface area contributed by atoms with Gasteiger partial charge in [0.15, 0.2) is 0 Å². The van der Waals surface area contributed by atoms with Crippen LogP contribution in [-0.2, 0) is 4.79 Å². The molecule has 0 aliphatic carbocycles. The molecule has 1 aliphatic rings. The molecule has 0 unspecified atom stereocenters. The van der Waals surface area contributed by atoms with Crippen molar-refractivity contribution in [3.05, 3.63) is 36.5 Å². The van der Waals surface area contributed by atoms with Gasteiger partial charge in [0.05, 0.1) is 17.7 Å². The van der Waals surface area contributed by atoms with Crippen LogP contribution >= 0.6 is 0 Å². The number of nitrogens with zero attached hydrogens (tertiary/aromatic N) is 2. The van der Waals surface area contributed by atoms with Gasteiger partial charge in [-0.2, -0.15) is 0 Å². The lowest BCUT2D eigenvalue weighted by atomic mass is 10.2. The summed E-state index contributed by atoms with van der Waals surface area (Å²) < 4.78 is 0. The van der Waals surface area contributed by atoms with E-state index in [-0.39, 0.29) is 5.91 Å². The van der Waals surface area contributed by atoms with Crippen LogP contribution in [0.5, 0.6) is 0 Å². The number of likely N-dealkylation sites (tertiary alicyclic amines) is 1. The van der Waals surface area contributed by atoms with Crippen molar-refractivity contribution < 1.29 is 4.79 Å². The van der Waals surface area contributed by atoms with Crippen LogP contribution in [0.2, 0.25) is 0 Å². The van der Waals surface area contributed by atoms with Crippen molar-refractivity contribution in [3.8, 4) is 0 Å². The highest BCUT2D eigenvalue weighted by Gasteiger charge is 2.17. The normalized spacial score (nSPS) is 14.8. The van der Waals surface area contributed by atoms with Gasteiger partial charge < -0.3 is 10.2 Å². The lowest BCUT2D eigenvalue weighted by molar-refractivity contribution is -0.128.